The van der Waals surface area contributed by atoms with E-state index in [1.165, 1.54) is 0 Å². The first kappa shape index (κ1) is 19.8. The van der Waals surface area contributed by atoms with Crippen molar-refractivity contribution in [3.8, 4) is 0 Å². The number of hydrogen-bond acceptors (Lipinski definition) is 3. The van der Waals surface area contributed by atoms with Crippen LogP contribution in [0.25, 0.3) is 0 Å². The van der Waals surface area contributed by atoms with Gasteiger partial charge in [-0.15, -0.1) is 0 Å². The van der Waals surface area contributed by atoms with Gasteiger partial charge in [-0.05, 0) is 19.4 Å². The van der Waals surface area contributed by atoms with E-state index in [0.29, 0.717) is 19.8 Å². The van der Waals surface area contributed by atoms with Gasteiger partial charge in [0.05, 0.1) is 24.8 Å². The zero-order valence-corrected chi connectivity index (χ0v) is 15.4. The van der Waals surface area contributed by atoms with E-state index in [0.717, 1.165) is 42.7 Å². The van der Waals surface area contributed by atoms with Crippen molar-refractivity contribution in [2.75, 3.05) is 47.1 Å². The maximum Gasteiger partial charge on any atom is 0.194 e. The van der Waals surface area contributed by atoms with E-state index < -0.39 is 0 Å². The third kappa shape index (κ3) is 7.72. The maximum absolute atomic E-state index is 6.04. The summed E-state index contributed by atoms with van der Waals surface area (Å²) in [5, 5.41) is 4.07. The standard InChI is InChI=1S/C16H29ClN4O2/c1-5-18-16(19-7-6-8-23-10-9-22-4)21(3)13-15-11-14(17)12-20(15)2/h11-12H,5-10,13H2,1-4H3,(H,18,19). The molecule has 23 heavy (non-hydrogen) atoms. The van der Waals surface area contributed by atoms with Crippen LogP contribution in [-0.2, 0) is 23.1 Å². The molecule has 0 aliphatic heterocycles. The lowest BCUT2D eigenvalue weighted by atomic mass is 10.4. The Labute approximate surface area is 144 Å². The van der Waals surface area contributed by atoms with Crippen molar-refractivity contribution >= 4 is 17.6 Å². The highest BCUT2D eigenvalue weighted by atomic mass is 35.5. The first-order chi connectivity index (χ1) is 11.1. The summed E-state index contributed by atoms with van der Waals surface area (Å²) in [4.78, 5) is 6.74. The number of hydrogen-bond donors (Lipinski definition) is 1. The molecule has 0 bridgehead atoms. The lowest BCUT2D eigenvalue weighted by molar-refractivity contribution is 0.0702. The molecule has 0 aliphatic rings. The first-order valence-electron chi connectivity index (χ1n) is 7.95. The zero-order chi connectivity index (χ0) is 17.1. The van der Waals surface area contributed by atoms with Crippen LogP contribution in [0, 0.1) is 0 Å². The number of guanidine groups is 1. The number of nitrogens with one attached hydrogen (secondary N) is 1. The van der Waals surface area contributed by atoms with Crippen molar-refractivity contribution < 1.29 is 9.47 Å². The van der Waals surface area contributed by atoms with Crippen molar-refractivity contribution in [1.82, 2.24) is 14.8 Å². The highest BCUT2D eigenvalue weighted by Crippen LogP contribution is 2.14. The number of halogens is 1. The number of nitrogens with zero attached hydrogens (tertiary/aromatic N) is 3. The molecule has 0 saturated heterocycles. The van der Waals surface area contributed by atoms with Crippen molar-refractivity contribution in [1.29, 1.82) is 0 Å². The Balaban J connectivity index is 2.45. The van der Waals surface area contributed by atoms with Gasteiger partial charge in [0.25, 0.3) is 0 Å². The fourth-order valence-corrected chi connectivity index (χ4v) is 2.38. The second-order valence-corrected chi connectivity index (χ2v) is 5.75. The van der Waals surface area contributed by atoms with E-state index >= 15 is 0 Å². The van der Waals surface area contributed by atoms with Gasteiger partial charge in [-0.1, -0.05) is 11.6 Å². The third-order valence-corrected chi connectivity index (χ3v) is 3.52. The summed E-state index contributed by atoms with van der Waals surface area (Å²) in [5.74, 6) is 0.890. The second-order valence-electron chi connectivity index (χ2n) is 5.31. The summed E-state index contributed by atoms with van der Waals surface area (Å²) < 4.78 is 12.4. The normalized spacial score (nSPS) is 11.8. The Morgan fingerprint density at radius 1 is 1.39 bits per heavy atom. The molecule has 0 radical (unpaired) electrons. The van der Waals surface area contributed by atoms with Crippen LogP contribution >= 0.6 is 11.6 Å². The Hall–Kier alpha value is -1.24. The predicted octanol–water partition coefficient (Wildman–Crippen LogP) is 2.13. The van der Waals surface area contributed by atoms with Gasteiger partial charge in [0.15, 0.2) is 5.96 Å². The van der Waals surface area contributed by atoms with E-state index in [1.807, 2.05) is 30.9 Å². The summed E-state index contributed by atoms with van der Waals surface area (Å²) in [7, 11) is 5.69. The van der Waals surface area contributed by atoms with Gasteiger partial charge in [0.2, 0.25) is 0 Å². The average Bonchev–Trinajstić information content (AvgIpc) is 2.82. The molecule has 7 heteroatoms. The molecule has 0 aromatic carbocycles. The molecule has 0 unspecified atom stereocenters. The van der Waals surface area contributed by atoms with Crippen LogP contribution < -0.4 is 5.32 Å². The van der Waals surface area contributed by atoms with Gasteiger partial charge in [0, 0.05) is 52.8 Å². The minimum Gasteiger partial charge on any atom is -0.382 e. The molecule has 0 fully saturated rings. The SMILES string of the molecule is CCNC(=NCCCOCCOC)N(C)Cc1cc(Cl)cn1C. The monoisotopic (exact) mass is 344 g/mol. The minimum atomic E-state index is 0.633. The van der Waals surface area contributed by atoms with Crippen LogP contribution in [0.1, 0.15) is 19.0 Å². The molecular weight excluding hydrogens is 316 g/mol. The van der Waals surface area contributed by atoms with Crippen LogP contribution in [0.3, 0.4) is 0 Å². The summed E-state index contributed by atoms with van der Waals surface area (Å²) >= 11 is 6.04. The second kappa shape index (κ2) is 11.3. The number of aliphatic imine (C=N–C) groups is 1. The molecule has 1 N–H and O–H groups in total. The Bertz CT molecular complexity index is 477. The number of methoxy groups -OCH3 is 1. The molecule has 132 valence electrons. The van der Waals surface area contributed by atoms with Gasteiger partial charge >= 0.3 is 0 Å². The Kier molecular flexibility index (Phi) is 9.75. The quantitative estimate of drug-likeness (QED) is 0.401. The topological polar surface area (TPSA) is 51.0 Å². The molecule has 6 nitrogen and oxygen atoms in total. The molecule has 0 spiro atoms. The highest BCUT2D eigenvalue weighted by Gasteiger charge is 2.09. The van der Waals surface area contributed by atoms with Crippen LogP contribution in [0.2, 0.25) is 5.02 Å². The van der Waals surface area contributed by atoms with Crippen LogP contribution in [0.15, 0.2) is 17.3 Å². The van der Waals surface area contributed by atoms with E-state index in [-0.39, 0.29) is 0 Å². The lowest BCUT2D eigenvalue weighted by Gasteiger charge is -2.22. The number of aryl methyl sites for hydroxylation is 1. The molecular formula is C16H29ClN4O2. The van der Waals surface area contributed by atoms with Crippen LogP contribution in [-0.4, -0.2) is 62.5 Å². The van der Waals surface area contributed by atoms with Crippen molar-refractivity contribution in [3.63, 3.8) is 0 Å². The minimum absolute atomic E-state index is 0.633. The molecule has 1 heterocycles. The van der Waals surface area contributed by atoms with Crippen LogP contribution in [0.4, 0.5) is 0 Å². The maximum atomic E-state index is 6.04. The van der Waals surface area contributed by atoms with Gasteiger partial charge in [0.1, 0.15) is 0 Å². The van der Waals surface area contributed by atoms with Gasteiger partial charge < -0.3 is 24.3 Å². The summed E-state index contributed by atoms with van der Waals surface area (Å²) in [6.07, 6.45) is 2.80. The van der Waals surface area contributed by atoms with Gasteiger partial charge in [-0.3, -0.25) is 4.99 Å². The summed E-state index contributed by atoms with van der Waals surface area (Å²) in [6.45, 7) is 6.34. The van der Waals surface area contributed by atoms with E-state index in [2.05, 4.69) is 22.1 Å². The van der Waals surface area contributed by atoms with Crippen molar-refractivity contribution in [2.45, 2.75) is 19.9 Å². The van der Waals surface area contributed by atoms with Crippen LogP contribution in [0.5, 0.6) is 0 Å². The van der Waals surface area contributed by atoms with Gasteiger partial charge in [-0.2, -0.15) is 0 Å². The molecule has 0 amide bonds. The van der Waals surface area contributed by atoms with Gasteiger partial charge in [-0.25, -0.2) is 0 Å². The number of aromatic nitrogens is 1. The third-order valence-electron chi connectivity index (χ3n) is 3.31. The van der Waals surface area contributed by atoms with E-state index in [9.17, 15) is 0 Å². The molecule has 1 aromatic rings. The molecule has 0 atom stereocenters. The largest absolute Gasteiger partial charge is 0.382 e. The number of ether oxygens (including phenoxy) is 2. The smallest absolute Gasteiger partial charge is 0.194 e. The molecule has 0 saturated carbocycles. The van der Waals surface area contributed by atoms with E-state index in [4.69, 9.17) is 21.1 Å². The van der Waals surface area contributed by atoms with Crippen molar-refractivity contribution in [2.24, 2.45) is 12.0 Å². The zero-order valence-electron chi connectivity index (χ0n) is 14.6. The first-order valence-corrected chi connectivity index (χ1v) is 8.33. The number of rotatable bonds is 10. The summed E-state index contributed by atoms with van der Waals surface area (Å²) in [6, 6.07) is 1.98. The summed E-state index contributed by atoms with van der Waals surface area (Å²) in [5.41, 5.74) is 1.14. The van der Waals surface area contributed by atoms with E-state index in [1.54, 1.807) is 7.11 Å². The molecule has 0 aliphatic carbocycles. The highest BCUT2D eigenvalue weighted by molar-refractivity contribution is 6.30. The Morgan fingerprint density at radius 2 is 2.17 bits per heavy atom. The fourth-order valence-electron chi connectivity index (χ4n) is 2.11. The van der Waals surface area contributed by atoms with Crippen molar-refractivity contribution in [3.05, 3.63) is 23.0 Å². The fraction of sp³-hybridized carbons (Fsp3) is 0.688. The average molecular weight is 345 g/mol. The molecule has 1 aromatic heterocycles. The Morgan fingerprint density at radius 3 is 2.78 bits per heavy atom. The lowest BCUT2D eigenvalue weighted by Crippen LogP contribution is -2.39. The molecule has 1 rings (SSSR count). The predicted molar refractivity (Wildman–Crippen MR) is 95.2 cm³/mol.